The summed E-state index contributed by atoms with van der Waals surface area (Å²) in [6.45, 7) is 17.3. The normalized spacial score (nSPS) is 12.5. The molecule has 3 aromatic rings. The van der Waals surface area contributed by atoms with Crippen LogP contribution in [0.4, 0.5) is 10.5 Å². The van der Waals surface area contributed by atoms with Crippen molar-refractivity contribution in [3.05, 3.63) is 83.4 Å². The minimum absolute atomic E-state index is 0.0782. The van der Waals surface area contributed by atoms with Crippen LogP contribution < -0.4 is 15.4 Å². The molecule has 278 valence electrons. The maximum atomic E-state index is 13.7. The lowest BCUT2D eigenvalue weighted by Crippen LogP contribution is -2.52. The van der Waals surface area contributed by atoms with Crippen LogP contribution in [0.5, 0.6) is 0 Å². The lowest BCUT2D eigenvalue weighted by atomic mass is 9.93. The number of benzene rings is 3. The number of hydrogen-bond donors (Lipinski definition) is 3. The summed E-state index contributed by atoms with van der Waals surface area (Å²) in [5, 5.41) is 5.86. The fourth-order valence-electron chi connectivity index (χ4n) is 5.83. The van der Waals surface area contributed by atoms with E-state index in [9.17, 15) is 22.8 Å². The van der Waals surface area contributed by atoms with Crippen molar-refractivity contribution in [2.75, 3.05) is 18.5 Å². The average Bonchev–Trinajstić information content (AvgIpc) is 3.06. The lowest BCUT2D eigenvalue weighted by Gasteiger charge is -2.31. The third kappa shape index (κ3) is 11.7. The number of carbonyl (C=O) groups is 3. The first-order chi connectivity index (χ1) is 24.0. The number of esters is 1. The second-order valence-corrected chi connectivity index (χ2v) is 16.0. The molecule has 0 fully saturated rings. The monoisotopic (exact) mass is 720 g/mol. The van der Waals surface area contributed by atoms with Crippen molar-refractivity contribution in [1.29, 1.82) is 0 Å². The first-order valence-electron chi connectivity index (χ1n) is 17.8. The van der Waals surface area contributed by atoms with Gasteiger partial charge < -0.3 is 20.3 Å². The number of nitrogens with zero attached hydrogens (tertiary/aromatic N) is 1. The number of urea groups is 1. The van der Waals surface area contributed by atoms with E-state index in [0.717, 1.165) is 28.8 Å². The predicted molar refractivity (Wildman–Crippen MR) is 204 cm³/mol. The Balaban J connectivity index is 1.92. The van der Waals surface area contributed by atoms with E-state index in [-0.39, 0.29) is 48.8 Å². The Hall–Kier alpha value is -4.22. The van der Waals surface area contributed by atoms with Crippen LogP contribution in [0.2, 0.25) is 0 Å². The van der Waals surface area contributed by atoms with Gasteiger partial charge in [0.2, 0.25) is 15.9 Å². The Bertz CT molecular complexity index is 1720. The zero-order valence-corrected chi connectivity index (χ0v) is 32.4. The van der Waals surface area contributed by atoms with Crippen molar-refractivity contribution >= 4 is 33.6 Å². The molecule has 3 rings (SSSR count). The number of amides is 3. The van der Waals surface area contributed by atoms with Crippen molar-refractivity contribution in [2.45, 2.75) is 116 Å². The second-order valence-electron chi connectivity index (χ2n) is 14.4. The smallest absolute Gasteiger partial charge is 0.330 e. The van der Waals surface area contributed by atoms with E-state index in [4.69, 9.17) is 4.74 Å². The van der Waals surface area contributed by atoms with Gasteiger partial charge >= 0.3 is 12.0 Å². The Morgan fingerprint density at radius 3 is 2.00 bits per heavy atom. The summed E-state index contributed by atoms with van der Waals surface area (Å²) in [6.07, 6.45) is 1.65. The van der Waals surface area contributed by atoms with E-state index in [1.807, 2.05) is 37.3 Å². The topological polar surface area (TPSA) is 134 Å². The molecule has 0 aromatic heterocycles. The van der Waals surface area contributed by atoms with Crippen LogP contribution in [0.15, 0.2) is 71.6 Å². The summed E-state index contributed by atoms with van der Waals surface area (Å²) in [5.74, 6) is -0.516. The fraction of sp³-hybridized carbons (Fsp3) is 0.475. The number of rotatable bonds is 16. The molecule has 0 bridgehead atoms. The number of hydrogen-bond acceptors (Lipinski definition) is 6. The largest absolute Gasteiger partial charge is 0.464 e. The molecule has 3 aromatic carbocycles. The highest BCUT2D eigenvalue weighted by molar-refractivity contribution is 7.89. The van der Waals surface area contributed by atoms with Crippen LogP contribution in [0.3, 0.4) is 0 Å². The first kappa shape index (κ1) is 41.2. The molecule has 1 unspecified atom stereocenters. The second kappa shape index (κ2) is 18.3. The zero-order valence-electron chi connectivity index (χ0n) is 31.6. The van der Waals surface area contributed by atoms with Gasteiger partial charge in [0.25, 0.3) is 0 Å². The van der Waals surface area contributed by atoms with Crippen molar-refractivity contribution < 1.29 is 27.5 Å². The molecule has 51 heavy (non-hydrogen) atoms. The summed E-state index contributed by atoms with van der Waals surface area (Å²) >= 11 is 0. The van der Waals surface area contributed by atoms with Crippen LogP contribution in [0.25, 0.3) is 11.1 Å². The minimum Gasteiger partial charge on any atom is -0.464 e. The molecule has 0 heterocycles. The number of carbonyl (C=O) groups excluding carboxylic acids is 3. The Morgan fingerprint density at radius 2 is 1.45 bits per heavy atom. The number of ether oxygens (including phenoxy) is 1. The number of unbranched alkanes of at least 4 members (excludes halogenated alkanes) is 1. The molecule has 3 N–H and O–H groups in total. The van der Waals surface area contributed by atoms with Crippen molar-refractivity contribution in [3.63, 3.8) is 0 Å². The van der Waals surface area contributed by atoms with Gasteiger partial charge in [-0.05, 0) is 74.3 Å². The number of para-hydroxylation sites is 1. The summed E-state index contributed by atoms with van der Waals surface area (Å²) in [7, 11) is -3.81. The molecular weight excluding hydrogens is 665 g/mol. The molecule has 0 aliphatic rings. The molecule has 10 nitrogen and oxygen atoms in total. The van der Waals surface area contributed by atoms with Gasteiger partial charge in [-0.3, -0.25) is 4.79 Å². The Kier molecular flexibility index (Phi) is 14.8. The maximum absolute atomic E-state index is 13.7. The number of nitrogens with one attached hydrogen (secondary N) is 3. The Labute approximate surface area is 304 Å². The highest BCUT2D eigenvalue weighted by atomic mass is 32.2. The molecular formula is C40H56N4O6S. The fourth-order valence-corrected chi connectivity index (χ4v) is 7.48. The van der Waals surface area contributed by atoms with Crippen LogP contribution in [0, 0.1) is 0 Å². The minimum atomic E-state index is -3.81. The quantitative estimate of drug-likeness (QED) is 0.129. The van der Waals surface area contributed by atoms with Gasteiger partial charge in [0.15, 0.2) is 0 Å². The molecule has 3 amide bonds. The summed E-state index contributed by atoms with van der Waals surface area (Å²) in [4.78, 5) is 42.2. The molecule has 0 saturated heterocycles. The SMILES string of the molecule is CCCCC(=O)N(Cc1ccc(-c2ccccc2S(=O)(=O)NC(C)(C)C)cc1)C(CNC(=O)Nc1c(C(C)C)cccc1C(C)C)C(=O)OCC. The third-order valence-corrected chi connectivity index (χ3v) is 10.1. The van der Waals surface area contributed by atoms with Crippen LogP contribution in [0.1, 0.15) is 110 Å². The van der Waals surface area contributed by atoms with E-state index in [1.165, 1.54) is 4.90 Å². The molecule has 11 heteroatoms. The summed E-state index contributed by atoms with van der Waals surface area (Å²) in [6, 6.07) is 18.4. The molecule has 0 radical (unpaired) electrons. The molecule has 0 saturated carbocycles. The summed E-state index contributed by atoms with van der Waals surface area (Å²) in [5.41, 5.74) is 4.03. The van der Waals surface area contributed by atoms with Gasteiger partial charge in [-0.1, -0.05) is 102 Å². The zero-order chi connectivity index (χ0) is 37.9. The third-order valence-electron chi connectivity index (χ3n) is 8.30. The summed E-state index contributed by atoms with van der Waals surface area (Å²) < 4.78 is 34.7. The van der Waals surface area contributed by atoms with E-state index >= 15 is 0 Å². The molecule has 0 aliphatic heterocycles. The predicted octanol–water partition coefficient (Wildman–Crippen LogP) is 7.95. The number of sulfonamides is 1. The van der Waals surface area contributed by atoms with Gasteiger partial charge in [0.1, 0.15) is 6.04 Å². The van der Waals surface area contributed by atoms with Crippen LogP contribution in [-0.4, -0.2) is 56.0 Å². The van der Waals surface area contributed by atoms with Gasteiger partial charge in [-0.25, -0.2) is 22.7 Å². The van der Waals surface area contributed by atoms with Crippen molar-refractivity contribution in [3.8, 4) is 11.1 Å². The molecule has 0 aliphatic carbocycles. The van der Waals surface area contributed by atoms with Gasteiger partial charge in [0, 0.05) is 29.8 Å². The van der Waals surface area contributed by atoms with E-state index in [2.05, 4.69) is 43.1 Å². The molecule has 1 atom stereocenters. The molecule has 0 spiro atoms. The van der Waals surface area contributed by atoms with E-state index in [0.29, 0.717) is 17.5 Å². The highest BCUT2D eigenvalue weighted by Crippen LogP contribution is 2.32. The van der Waals surface area contributed by atoms with Gasteiger partial charge in [-0.15, -0.1) is 0 Å². The number of anilines is 1. The van der Waals surface area contributed by atoms with Crippen molar-refractivity contribution in [2.24, 2.45) is 0 Å². The lowest BCUT2D eigenvalue weighted by molar-refractivity contribution is -0.155. The van der Waals surface area contributed by atoms with E-state index in [1.54, 1.807) is 64.1 Å². The highest BCUT2D eigenvalue weighted by Gasteiger charge is 2.32. The van der Waals surface area contributed by atoms with Crippen molar-refractivity contribution in [1.82, 2.24) is 14.9 Å². The van der Waals surface area contributed by atoms with Crippen LogP contribution in [-0.2, 0) is 30.9 Å². The van der Waals surface area contributed by atoms with E-state index < -0.39 is 33.6 Å². The van der Waals surface area contributed by atoms with Crippen LogP contribution >= 0.6 is 0 Å². The maximum Gasteiger partial charge on any atom is 0.330 e. The standard InChI is InChI=1S/C40H56N4O6S/c1-10-12-20-36(45)44(26-29-21-23-30(24-22-29)33-16-13-14-19-35(33)51(48,49)43-40(7,8)9)34(38(46)50-11-2)25-41-39(47)42-37-31(27(3)4)17-15-18-32(37)28(5)6/h13-19,21-24,27-28,34,43H,10-12,20,25-26H2,1-9H3,(H2,41,42,47). The first-order valence-corrected chi connectivity index (χ1v) is 19.3. The van der Waals surface area contributed by atoms with Gasteiger partial charge in [-0.2, -0.15) is 0 Å². The Morgan fingerprint density at radius 1 is 0.843 bits per heavy atom. The van der Waals surface area contributed by atoms with Gasteiger partial charge in [0.05, 0.1) is 18.0 Å². The average molecular weight is 721 g/mol.